The maximum absolute atomic E-state index is 5.86. The predicted octanol–water partition coefficient (Wildman–Crippen LogP) is 0.806. The highest BCUT2D eigenvalue weighted by molar-refractivity contribution is 5.53. The van der Waals surface area contributed by atoms with Crippen molar-refractivity contribution in [1.82, 2.24) is 9.38 Å². The largest absolute Gasteiger partial charge is 0.385 e. The summed E-state index contributed by atoms with van der Waals surface area (Å²) in [6.07, 6.45) is 2.55. The molecule has 1 atom stereocenters. The number of nitrogen functional groups attached to an aromatic ring is 1. The number of hydrogen-bond acceptors (Lipinski definition) is 3. The summed E-state index contributed by atoms with van der Waals surface area (Å²) in [6.45, 7) is 1.96. The zero-order chi connectivity index (χ0) is 10.1. The zero-order valence-electron chi connectivity index (χ0n) is 8.14. The molecule has 0 saturated carbocycles. The fourth-order valence-corrected chi connectivity index (χ4v) is 1.57. The Morgan fingerprint density at radius 3 is 3.00 bits per heavy atom. The van der Waals surface area contributed by atoms with Crippen LogP contribution in [0, 0.1) is 0 Å². The van der Waals surface area contributed by atoms with Gasteiger partial charge in [-0.25, -0.2) is 4.98 Å². The molecule has 0 amide bonds. The van der Waals surface area contributed by atoms with Crippen molar-refractivity contribution in [3.8, 4) is 0 Å². The molecule has 4 nitrogen and oxygen atoms in total. The molecule has 14 heavy (non-hydrogen) atoms. The first kappa shape index (κ1) is 9.02. The molecular weight excluding hydrogens is 176 g/mol. The van der Waals surface area contributed by atoms with Crippen molar-refractivity contribution < 1.29 is 0 Å². The highest BCUT2D eigenvalue weighted by Crippen LogP contribution is 2.13. The third-order valence-electron chi connectivity index (χ3n) is 2.16. The number of pyridine rings is 1. The highest BCUT2D eigenvalue weighted by Gasteiger charge is 2.07. The van der Waals surface area contributed by atoms with Crippen molar-refractivity contribution in [2.24, 2.45) is 5.73 Å². The van der Waals surface area contributed by atoms with E-state index in [1.807, 2.05) is 35.7 Å². The van der Waals surface area contributed by atoms with Gasteiger partial charge in [0.15, 0.2) is 0 Å². The number of hydrogen-bond donors (Lipinski definition) is 2. The minimum Gasteiger partial charge on any atom is -0.385 e. The molecule has 0 spiro atoms. The van der Waals surface area contributed by atoms with Gasteiger partial charge in [0.1, 0.15) is 11.6 Å². The molecule has 0 bridgehead atoms. The van der Waals surface area contributed by atoms with Crippen LogP contribution in [0.4, 0.5) is 5.82 Å². The molecule has 4 N–H and O–H groups in total. The number of imidazole rings is 1. The van der Waals surface area contributed by atoms with E-state index < -0.39 is 0 Å². The van der Waals surface area contributed by atoms with Gasteiger partial charge in [-0.3, -0.25) is 4.40 Å². The lowest BCUT2D eigenvalue weighted by Gasteiger charge is -2.06. The van der Waals surface area contributed by atoms with Gasteiger partial charge in [-0.1, -0.05) is 6.07 Å². The first-order valence-electron chi connectivity index (χ1n) is 4.65. The summed E-state index contributed by atoms with van der Waals surface area (Å²) in [5.74, 6) is 1.63. The Morgan fingerprint density at radius 1 is 1.50 bits per heavy atom. The van der Waals surface area contributed by atoms with Crippen molar-refractivity contribution >= 4 is 11.3 Å². The number of rotatable bonds is 2. The third kappa shape index (κ3) is 1.44. The first-order valence-corrected chi connectivity index (χ1v) is 4.65. The normalized spacial score (nSPS) is 13.3. The first-order chi connectivity index (χ1) is 6.68. The van der Waals surface area contributed by atoms with Crippen molar-refractivity contribution in [2.45, 2.75) is 19.4 Å². The summed E-state index contributed by atoms with van der Waals surface area (Å²) < 4.78 is 1.93. The van der Waals surface area contributed by atoms with E-state index in [4.69, 9.17) is 11.5 Å². The lowest BCUT2D eigenvalue weighted by atomic mass is 10.2. The van der Waals surface area contributed by atoms with E-state index in [9.17, 15) is 0 Å². The van der Waals surface area contributed by atoms with Gasteiger partial charge >= 0.3 is 0 Å². The number of nitrogens with two attached hydrogens (primary N) is 2. The van der Waals surface area contributed by atoms with Gasteiger partial charge in [-0.15, -0.1) is 0 Å². The molecule has 0 radical (unpaired) electrons. The summed E-state index contributed by atoms with van der Waals surface area (Å²) in [4.78, 5) is 4.30. The molecule has 2 rings (SSSR count). The predicted molar refractivity (Wildman–Crippen MR) is 57.0 cm³/mol. The molecule has 0 aromatic carbocycles. The number of anilines is 1. The van der Waals surface area contributed by atoms with Crippen LogP contribution in [-0.2, 0) is 6.42 Å². The van der Waals surface area contributed by atoms with Crippen molar-refractivity contribution in [1.29, 1.82) is 0 Å². The molecule has 2 aromatic heterocycles. The molecule has 1 unspecified atom stereocenters. The Kier molecular flexibility index (Phi) is 2.13. The van der Waals surface area contributed by atoms with Crippen LogP contribution in [0.25, 0.3) is 5.52 Å². The van der Waals surface area contributed by atoms with Gasteiger partial charge in [-0.2, -0.15) is 0 Å². The number of nitrogens with zero attached hydrogens (tertiary/aromatic N) is 2. The molecule has 0 aliphatic heterocycles. The zero-order valence-corrected chi connectivity index (χ0v) is 8.14. The molecule has 0 saturated heterocycles. The van der Waals surface area contributed by atoms with Gasteiger partial charge < -0.3 is 11.5 Å². The smallest absolute Gasteiger partial charge is 0.116 e. The topological polar surface area (TPSA) is 69.3 Å². The summed E-state index contributed by atoms with van der Waals surface area (Å²) in [7, 11) is 0. The molecular formula is C10H14N4. The van der Waals surface area contributed by atoms with E-state index in [1.54, 1.807) is 0 Å². The Balaban J connectivity index is 2.55. The maximum Gasteiger partial charge on any atom is 0.116 e. The molecule has 2 aromatic rings. The molecule has 4 heteroatoms. The fraction of sp³-hybridized carbons (Fsp3) is 0.300. The Labute approximate surface area is 82.5 Å². The highest BCUT2D eigenvalue weighted by atomic mass is 15.1. The summed E-state index contributed by atoms with van der Waals surface area (Å²) in [5, 5.41) is 0. The van der Waals surface area contributed by atoms with Crippen LogP contribution in [0.1, 0.15) is 12.7 Å². The summed E-state index contributed by atoms with van der Waals surface area (Å²) in [6, 6.07) is 5.86. The molecule has 0 aliphatic carbocycles. The molecule has 2 heterocycles. The van der Waals surface area contributed by atoms with Gasteiger partial charge in [-0.05, 0) is 19.1 Å². The Morgan fingerprint density at radius 2 is 2.29 bits per heavy atom. The van der Waals surface area contributed by atoms with Crippen molar-refractivity contribution in [2.75, 3.05) is 5.73 Å². The SMILES string of the molecule is CC(N)Cc1ncc2cccc(N)n12. The minimum absolute atomic E-state index is 0.0974. The van der Waals surface area contributed by atoms with E-state index in [0.29, 0.717) is 5.82 Å². The molecule has 0 aliphatic rings. The van der Waals surface area contributed by atoms with Crippen LogP contribution in [-0.4, -0.2) is 15.4 Å². The second-order valence-corrected chi connectivity index (χ2v) is 3.57. The van der Waals surface area contributed by atoms with Gasteiger partial charge in [0, 0.05) is 12.5 Å². The van der Waals surface area contributed by atoms with Crippen molar-refractivity contribution in [3.05, 3.63) is 30.2 Å². The van der Waals surface area contributed by atoms with E-state index >= 15 is 0 Å². The third-order valence-corrected chi connectivity index (χ3v) is 2.16. The molecule has 74 valence electrons. The van der Waals surface area contributed by atoms with E-state index in [-0.39, 0.29) is 6.04 Å². The average molecular weight is 190 g/mol. The second-order valence-electron chi connectivity index (χ2n) is 3.57. The summed E-state index contributed by atoms with van der Waals surface area (Å²) >= 11 is 0. The number of aromatic nitrogens is 2. The van der Waals surface area contributed by atoms with Crippen LogP contribution in [0.15, 0.2) is 24.4 Å². The minimum atomic E-state index is 0.0974. The fourth-order valence-electron chi connectivity index (χ4n) is 1.57. The van der Waals surface area contributed by atoms with Crippen molar-refractivity contribution in [3.63, 3.8) is 0 Å². The summed E-state index contributed by atoms with van der Waals surface area (Å²) in [5.41, 5.74) is 12.6. The standard InChI is InChI=1S/C10H14N4/c1-7(11)5-10-13-6-8-3-2-4-9(12)14(8)10/h2-4,6-7H,5,11-12H2,1H3. The van der Waals surface area contributed by atoms with E-state index in [2.05, 4.69) is 4.98 Å². The molecule has 0 fully saturated rings. The number of fused-ring (bicyclic) bond motifs is 1. The van der Waals surface area contributed by atoms with Gasteiger partial charge in [0.05, 0.1) is 11.7 Å². The quantitative estimate of drug-likeness (QED) is 0.736. The maximum atomic E-state index is 5.86. The van der Waals surface area contributed by atoms with Crippen LogP contribution in [0.5, 0.6) is 0 Å². The van der Waals surface area contributed by atoms with Gasteiger partial charge in [0.2, 0.25) is 0 Å². The van der Waals surface area contributed by atoms with Gasteiger partial charge in [0.25, 0.3) is 0 Å². The monoisotopic (exact) mass is 190 g/mol. The Hall–Kier alpha value is -1.55. The van der Waals surface area contributed by atoms with Crippen LogP contribution >= 0.6 is 0 Å². The van der Waals surface area contributed by atoms with Crippen LogP contribution in [0.3, 0.4) is 0 Å². The van der Waals surface area contributed by atoms with E-state index in [0.717, 1.165) is 17.8 Å². The Bertz CT molecular complexity index is 444. The lowest BCUT2D eigenvalue weighted by molar-refractivity contribution is 0.701. The lowest BCUT2D eigenvalue weighted by Crippen LogP contribution is -2.19. The van der Waals surface area contributed by atoms with Crippen LogP contribution < -0.4 is 11.5 Å². The second kappa shape index (κ2) is 3.31. The van der Waals surface area contributed by atoms with Crippen LogP contribution in [0.2, 0.25) is 0 Å². The average Bonchev–Trinajstić information content (AvgIpc) is 2.49. The van der Waals surface area contributed by atoms with E-state index in [1.165, 1.54) is 0 Å².